The molecule has 0 aliphatic carbocycles. The fourth-order valence-corrected chi connectivity index (χ4v) is 2.75. The zero-order valence-corrected chi connectivity index (χ0v) is 14.4. The maximum absolute atomic E-state index is 12.0. The minimum atomic E-state index is -0.519. The van der Waals surface area contributed by atoms with Crippen molar-refractivity contribution in [3.05, 3.63) is 53.6 Å². The first-order valence-corrected chi connectivity index (χ1v) is 7.89. The minimum absolute atomic E-state index is 0.0339. The highest BCUT2D eigenvalue weighted by molar-refractivity contribution is 5.95. The first-order chi connectivity index (χ1) is 12.0. The van der Waals surface area contributed by atoms with Gasteiger partial charge in [-0.05, 0) is 31.0 Å². The Morgan fingerprint density at radius 3 is 2.52 bits per heavy atom. The Hall–Kier alpha value is -3.15. The maximum atomic E-state index is 12.0. The number of azo groups is 1. The summed E-state index contributed by atoms with van der Waals surface area (Å²) in [7, 11) is 1.72. The molecule has 0 atom stereocenters. The van der Waals surface area contributed by atoms with Crippen molar-refractivity contribution in [1.82, 2.24) is 4.57 Å². The normalized spacial score (nSPS) is 11.3. The molecule has 25 heavy (non-hydrogen) atoms. The topological polar surface area (TPSA) is 76.2 Å². The summed E-state index contributed by atoms with van der Waals surface area (Å²) in [5, 5.41) is 18.5. The van der Waals surface area contributed by atoms with Gasteiger partial charge in [-0.2, -0.15) is 0 Å². The van der Waals surface area contributed by atoms with Crippen molar-refractivity contribution < 1.29 is 14.6 Å². The Morgan fingerprint density at radius 1 is 1.12 bits per heavy atom. The molecule has 6 nitrogen and oxygen atoms in total. The Balaban J connectivity index is 1.77. The summed E-state index contributed by atoms with van der Waals surface area (Å²) in [4.78, 5) is 12.0. The molecule has 0 radical (unpaired) electrons. The fourth-order valence-electron chi connectivity index (χ4n) is 2.75. The summed E-state index contributed by atoms with van der Waals surface area (Å²) in [6.45, 7) is 3.63. The molecule has 1 amide bonds. The third kappa shape index (κ3) is 3.24. The lowest BCUT2D eigenvalue weighted by Gasteiger charge is -2.09. The summed E-state index contributed by atoms with van der Waals surface area (Å²) in [5.41, 5.74) is 3.00. The van der Waals surface area contributed by atoms with Gasteiger partial charge in [-0.1, -0.05) is 36.4 Å². The lowest BCUT2D eigenvalue weighted by atomic mass is 10.1. The molecule has 6 heteroatoms. The summed E-state index contributed by atoms with van der Waals surface area (Å²) in [5.74, 6) is 0.127. The van der Waals surface area contributed by atoms with E-state index in [1.54, 1.807) is 11.6 Å². The highest BCUT2D eigenvalue weighted by Gasteiger charge is 2.14. The quantitative estimate of drug-likeness (QED) is 0.725. The van der Waals surface area contributed by atoms with Crippen LogP contribution in [0.1, 0.15) is 11.1 Å². The number of rotatable bonds is 4. The van der Waals surface area contributed by atoms with Crippen molar-refractivity contribution in [3.63, 3.8) is 0 Å². The molecule has 3 aromatic rings. The van der Waals surface area contributed by atoms with E-state index in [0.717, 1.165) is 22.0 Å². The fraction of sp³-hybridized carbons (Fsp3) is 0.211. The second-order valence-corrected chi connectivity index (χ2v) is 5.85. The highest BCUT2D eigenvalue weighted by atomic mass is 16.5. The van der Waals surface area contributed by atoms with Gasteiger partial charge in [-0.25, -0.2) is 0 Å². The summed E-state index contributed by atoms with van der Waals surface area (Å²) in [6, 6.07) is 13.2. The van der Waals surface area contributed by atoms with Gasteiger partial charge in [0.05, 0.1) is 5.52 Å². The van der Waals surface area contributed by atoms with Crippen LogP contribution in [0.25, 0.3) is 10.9 Å². The Bertz CT molecular complexity index is 953. The molecule has 0 aliphatic heterocycles. The molecule has 0 saturated carbocycles. The molecule has 1 N–H and O–H groups in total. The molecular formula is C19H19N3O3. The molecular weight excluding hydrogens is 318 g/mol. The monoisotopic (exact) mass is 337 g/mol. The number of carbonyl (C=O) groups excluding carboxylic acids is 1. The van der Waals surface area contributed by atoms with Crippen LogP contribution in [-0.2, 0) is 11.8 Å². The maximum Gasteiger partial charge on any atom is 0.302 e. The van der Waals surface area contributed by atoms with Crippen LogP contribution in [0, 0.1) is 13.8 Å². The molecule has 0 unspecified atom stereocenters. The molecule has 1 heterocycles. The third-order valence-electron chi connectivity index (χ3n) is 4.06. The van der Waals surface area contributed by atoms with Crippen LogP contribution in [0.4, 0.5) is 5.69 Å². The molecule has 128 valence electrons. The lowest BCUT2D eigenvalue weighted by Crippen LogP contribution is -2.09. The number of nitrogens with zero attached hydrogens (tertiary/aromatic N) is 3. The number of hydrogen-bond acceptors (Lipinski definition) is 4. The zero-order valence-electron chi connectivity index (χ0n) is 14.4. The van der Waals surface area contributed by atoms with E-state index >= 15 is 0 Å². The summed E-state index contributed by atoms with van der Waals surface area (Å²) < 4.78 is 7.17. The summed E-state index contributed by atoms with van der Waals surface area (Å²) in [6.07, 6.45) is 0. The predicted molar refractivity (Wildman–Crippen MR) is 95.5 cm³/mol. The van der Waals surface area contributed by atoms with Gasteiger partial charge >= 0.3 is 5.91 Å². The average molecular weight is 337 g/mol. The molecule has 1 aromatic heterocycles. The van der Waals surface area contributed by atoms with Crippen LogP contribution in [0.3, 0.4) is 0 Å². The SMILES string of the molecule is Cc1cccc(C)c1OCC(=O)N=Nc1c(O)n(C)c2ccccc12. The number of hydrogen-bond donors (Lipinski definition) is 1. The van der Waals surface area contributed by atoms with E-state index in [1.165, 1.54) is 0 Å². The third-order valence-corrected chi connectivity index (χ3v) is 4.06. The van der Waals surface area contributed by atoms with Gasteiger partial charge in [0.15, 0.2) is 12.3 Å². The number of ether oxygens (including phenoxy) is 1. The Labute approximate surface area is 145 Å². The van der Waals surface area contributed by atoms with Crippen LogP contribution >= 0.6 is 0 Å². The first-order valence-electron chi connectivity index (χ1n) is 7.89. The van der Waals surface area contributed by atoms with E-state index in [2.05, 4.69) is 10.2 Å². The van der Waals surface area contributed by atoms with Crippen molar-refractivity contribution in [2.45, 2.75) is 13.8 Å². The number of amides is 1. The molecule has 0 spiro atoms. The van der Waals surface area contributed by atoms with E-state index in [1.807, 2.05) is 56.3 Å². The van der Waals surface area contributed by atoms with Gasteiger partial charge in [-0.15, -0.1) is 10.2 Å². The van der Waals surface area contributed by atoms with E-state index in [4.69, 9.17) is 4.74 Å². The van der Waals surface area contributed by atoms with Crippen LogP contribution in [-0.4, -0.2) is 22.2 Å². The summed E-state index contributed by atoms with van der Waals surface area (Å²) >= 11 is 0. The van der Waals surface area contributed by atoms with Gasteiger partial charge in [-0.3, -0.25) is 4.79 Å². The predicted octanol–water partition coefficient (Wildman–Crippen LogP) is 4.19. The second-order valence-electron chi connectivity index (χ2n) is 5.85. The molecule has 3 rings (SSSR count). The van der Waals surface area contributed by atoms with Gasteiger partial charge in [0.2, 0.25) is 5.88 Å². The highest BCUT2D eigenvalue weighted by Crippen LogP contribution is 2.37. The van der Waals surface area contributed by atoms with Crippen molar-refractivity contribution in [3.8, 4) is 11.6 Å². The number of carbonyl (C=O) groups is 1. The molecule has 0 fully saturated rings. The Kier molecular flexibility index (Phi) is 4.52. The van der Waals surface area contributed by atoms with Gasteiger partial charge in [0, 0.05) is 12.4 Å². The molecule has 0 aliphatic rings. The number of fused-ring (bicyclic) bond motifs is 1. The van der Waals surface area contributed by atoms with E-state index in [-0.39, 0.29) is 18.2 Å². The van der Waals surface area contributed by atoms with E-state index in [0.29, 0.717) is 5.75 Å². The number of aromatic nitrogens is 1. The standard InChI is InChI=1S/C19H19N3O3/c1-12-7-6-8-13(2)18(12)25-11-16(23)20-21-17-14-9-4-5-10-15(14)22(3)19(17)24/h4-10,24H,11H2,1-3H3. The van der Waals surface area contributed by atoms with Crippen LogP contribution < -0.4 is 4.74 Å². The molecule has 0 saturated heterocycles. The van der Waals surface area contributed by atoms with E-state index < -0.39 is 5.91 Å². The number of para-hydroxylation sites is 2. The minimum Gasteiger partial charge on any atom is -0.493 e. The molecule has 2 aromatic carbocycles. The Morgan fingerprint density at radius 2 is 1.80 bits per heavy atom. The number of aryl methyl sites for hydroxylation is 3. The first kappa shape index (κ1) is 16.7. The van der Waals surface area contributed by atoms with Crippen molar-refractivity contribution in [2.24, 2.45) is 17.3 Å². The van der Waals surface area contributed by atoms with Crippen LogP contribution in [0.2, 0.25) is 0 Å². The number of benzene rings is 2. The van der Waals surface area contributed by atoms with Crippen molar-refractivity contribution in [2.75, 3.05) is 6.61 Å². The second kappa shape index (κ2) is 6.76. The smallest absolute Gasteiger partial charge is 0.302 e. The van der Waals surface area contributed by atoms with E-state index in [9.17, 15) is 9.90 Å². The van der Waals surface area contributed by atoms with Crippen molar-refractivity contribution in [1.29, 1.82) is 0 Å². The lowest BCUT2D eigenvalue weighted by molar-refractivity contribution is -0.120. The van der Waals surface area contributed by atoms with Crippen LogP contribution in [0.5, 0.6) is 11.6 Å². The van der Waals surface area contributed by atoms with Gasteiger partial charge < -0.3 is 14.4 Å². The van der Waals surface area contributed by atoms with Gasteiger partial charge in [0.25, 0.3) is 0 Å². The average Bonchev–Trinajstić information content (AvgIpc) is 2.84. The van der Waals surface area contributed by atoms with Crippen LogP contribution in [0.15, 0.2) is 52.7 Å². The molecule has 0 bridgehead atoms. The van der Waals surface area contributed by atoms with Crippen molar-refractivity contribution >= 4 is 22.5 Å². The zero-order chi connectivity index (χ0) is 18.0. The largest absolute Gasteiger partial charge is 0.493 e. The van der Waals surface area contributed by atoms with Gasteiger partial charge in [0.1, 0.15) is 5.75 Å². The number of aromatic hydroxyl groups is 1.